The number of sulfonamides is 1. The van der Waals surface area contributed by atoms with E-state index in [-0.39, 0.29) is 0 Å². The SMILES string of the molecule is CC(C)(Cn1cc[nH]c1=S)NS(C)(=O)=O. The number of aromatic amines is 1. The maximum Gasteiger partial charge on any atom is 0.209 e. The fraction of sp³-hybridized carbons (Fsp3) is 0.625. The summed E-state index contributed by atoms with van der Waals surface area (Å²) in [6.07, 6.45) is 4.65. The van der Waals surface area contributed by atoms with Crippen molar-refractivity contribution in [3.63, 3.8) is 0 Å². The number of hydrogen-bond donors (Lipinski definition) is 2. The molecule has 0 aliphatic rings. The van der Waals surface area contributed by atoms with E-state index in [1.54, 1.807) is 17.0 Å². The second-order valence-corrected chi connectivity index (χ2v) is 6.29. The molecule has 0 aliphatic heterocycles. The first-order chi connectivity index (χ1) is 6.70. The molecule has 0 fully saturated rings. The lowest BCUT2D eigenvalue weighted by atomic mass is 10.1. The number of H-pyrrole nitrogens is 1. The monoisotopic (exact) mass is 249 g/mol. The van der Waals surface area contributed by atoms with E-state index in [0.29, 0.717) is 11.3 Å². The molecule has 1 rings (SSSR count). The highest BCUT2D eigenvalue weighted by Gasteiger charge is 2.22. The van der Waals surface area contributed by atoms with Gasteiger partial charge in [0.15, 0.2) is 4.77 Å². The summed E-state index contributed by atoms with van der Waals surface area (Å²) in [7, 11) is -3.21. The van der Waals surface area contributed by atoms with E-state index in [1.165, 1.54) is 0 Å². The first kappa shape index (κ1) is 12.4. The fourth-order valence-corrected chi connectivity index (χ4v) is 2.70. The predicted molar refractivity (Wildman–Crippen MR) is 61.7 cm³/mol. The minimum absolute atomic E-state index is 0.488. The average molecular weight is 249 g/mol. The van der Waals surface area contributed by atoms with E-state index in [2.05, 4.69) is 9.71 Å². The number of hydrogen-bond acceptors (Lipinski definition) is 3. The van der Waals surface area contributed by atoms with Gasteiger partial charge in [-0.15, -0.1) is 0 Å². The minimum Gasteiger partial charge on any atom is -0.337 e. The van der Waals surface area contributed by atoms with Crippen LogP contribution >= 0.6 is 12.2 Å². The highest BCUT2D eigenvalue weighted by atomic mass is 32.2. The minimum atomic E-state index is -3.21. The summed E-state index contributed by atoms with van der Waals surface area (Å²) in [5.41, 5.74) is -0.562. The Kier molecular flexibility index (Phi) is 3.37. The lowest BCUT2D eigenvalue weighted by Crippen LogP contribution is -2.45. The molecule has 0 unspecified atom stereocenters. The van der Waals surface area contributed by atoms with Gasteiger partial charge in [-0.05, 0) is 26.1 Å². The van der Waals surface area contributed by atoms with E-state index < -0.39 is 15.6 Å². The van der Waals surface area contributed by atoms with Gasteiger partial charge in [0, 0.05) is 24.5 Å². The molecule has 0 spiro atoms. The molecule has 15 heavy (non-hydrogen) atoms. The molecular weight excluding hydrogens is 234 g/mol. The van der Waals surface area contributed by atoms with Crippen LogP contribution in [0.5, 0.6) is 0 Å². The van der Waals surface area contributed by atoms with E-state index >= 15 is 0 Å². The Morgan fingerprint density at radius 1 is 1.60 bits per heavy atom. The van der Waals surface area contributed by atoms with Gasteiger partial charge in [0.2, 0.25) is 10.0 Å². The number of imidazole rings is 1. The van der Waals surface area contributed by atoms with Crippen molar-refractivity contribution >= 4 is 22.2 Å². The van der Waals surface area contributed by atoms with Gasteiger partial charge in [-0.2, -0.15) is 0 Å². The van der Waals surface area contributed by atoms with Crippen LogP contribution in [0.2, 0.25) is 0 Å². The first-order valence-corrected chi connectivity index (χ1v) is 6.72. The number of nitrogens with zero attached hydrogens (tertiary/aromatic N) is 1. The smallest absolute Gasteiger partial charge is 0.209 e. The van der Waals surface area contributed by atoms with Crippen LogP contribution in [0.25, 0.3) is 0 Å². The Morgan fingerprint density at radius 2 is 2.20 bits per heavy atom. The van der Waals surface area contributed by atoms with Gasteiger partial charge in [-0.1, -0.05) is 0 Å². The molecule has 0 atom stereocenters. The second-order valence-electron chi connectivity index (χ2n) is 4.15. The Labute approximate surface area is 94.6 Å². The average Bonchev–Trinajstić information content (AvgIpc) is 2.29. The Morgan fingerprint density at radius 3 is 2.60 bits per heavy atom. The lowest BCUT2D eigenvalue weighted by molar-refractivity contribution is 0.389. The number of nitrogens with one attached hydrogen (secondary N) is 2. The highest BCUT2D eigenvalue weighted by molar-refractivity contribution is 7.88. The zero-order valence-corrected chi connectivity index (χ0v) is 10.6. The molecule has 7 heteroatoms. The van der Waals surface area contributed by atoms with Crippen LogP contribution in [-0.2, 0) is 16.6 Å². The van der Waals surface area contributed by atoms with Gasteiger partial charge in [0.1, 0.15) is 0 Å². The van der Waals surface area contributed by atoms with Crippen molar-refractivity contribution in [3.8, 4) is 0 Å². The van der Waals surface area contributed by atoms with Crippen LogP contribution in [0.15, 0.2) is 12.4 Å². The van der Waals surface area contributed by atoms with Gasteiger partial charge in [-0.3, -0.25) is 0 Å². The van der Waals surface area contributed by atoms with Crippen molar-refractivity contribution in [2.24, 2.45) is 0 Å². The second kappa shape index (κ2) is 4.07. The van der Waals surface area contributed by atoms with Crippen molar-refractivity contribution in [1.29, 1.82) is 0 Å². The van der Waals surface area contributed by atoms with Gasteiger partial charge < -0.3 is 9.55 Å². The van der Waals surface area contributed by atoms with Gasteiger partial charge in [0.05, 0.1) is 6.26 Å². The molecule has 1 aromatic rings. The molecule has 86 valence electrons. The van der Waals surface area contributed by atoms with Crippen molar-refractivity contribution < 1.29 is 8.42 Å². The van der Waals surface area contributed by atoms with Crippen LogP contribution < -0.4 is 4.72 Å². The topological polar surface area (TPSA) is 66.9 Å². The summed E-state index contributed by atoms with van der Waals surface area (Å²) >= 11 is 5.02. The zero-order valence-electron chi connectivity index (χ0n) is 8.94. The molecule has 5 nitrogen and oxygen atoms in total. The normalized spacial score (nSPS) is 13.0. The molecular formula is C8H15N3O2S2. The first-order valence-electron chi connectivity index (χ1n) is 4.42. The van der Waals surface area contributed by atoms with E-state index in [4.69, 9.17) is 12.2 Å². The molecule has 2 N–H and O–H groups in total. The third-order valence-electron chi connectivity index (χ3n) is 1.75. The van der Waals surface area contributed by atoms with E-state index in [1.807, 2.05) is 13.8 Å². The molecule has 0 saturated carbocycles. The maximum atomic E-state index is 11.1. The Hall–Kier alpha value is -0.660. The quantitative estimate of drug-likeness (QED) is 0.778. The van der Waals surface area contributed by atoms with Crippen LogP contribution in [0, 0.1) is 4.77 Å². The van der Waals surface area contributed by atoms with Crippen molar-refractivity contribution in [1.82, 2.24) is 14.3 Å². The predicted octanol–water partition coefficient (Wildman–Crippen LogP) is 0.873. The summed E-state index contributed by atoms with van der Waals surface area (Å²) in [6, 6.07) is 0. The molecule has 0 saturated heterocycles. The summed E-state index contributed by atoms with van der Waals surface area (Å²) < 4.78 is 27.1. The van der Waals surface area contributed by atoms with Gasteiger partial charge in [0.25, 0.3) is 0 Å². The van der Waals surface area contributed by atoms with Gasteiger partial charge in [-0.25, -0.2) is 13.1 Å². The maximum absolute atomic E-state index is 11.1. The molecule has 0 bridgehead atoms. The standard InChI is InChI=1S/C8H15N3O2S2/c1-8(2,10-15(3,12)13)6-11-5-4-9-7(11)14/h4-5,10H,6H2,1-3H3,(H,9,14). The summed E-state index contributed by atoms with van der Waals surface area (Å²) in [5.74, 6) is 0. The van der Waals surface area contributed by atoms with Crippen molar-refractivity contribution in [2.75, 3.05) is 6.26 Å². The van der Waals surface area contributed by atoms with Crippen molar-refractivity contribution in [2.45, 2.75) is 25.9 Å². The molecule has 1 aromatic heterocycles. The third kappa shape index (κ3) is 4.15. The van der Waals surface area contributed by atoms with Crippen LogP contribution in [0.1, 0.15) is 13.8 Å². The molecule has 0 radical (unpaired) electrons. The molecule has 0 aliphatic carbocycles. The van der Waals surface area contributed by atoms with E-state index in [9.17, 15) is 8.42 Å². The van der Waals surface area contributed by atoms with Crippen LogP contribution in [0.4, 0.5) is 0 Å². The Balaban J connectivity index is 2.82. The summed E-state index contributed by atoms with van der Waals surface area (Å²) in [6.45, 7) is 4.11. The molecule has 0 amide bonds. The summed E-state index contributed by atoms with van der Waals surface area (Å²) in [4.78, 5) is 2.85. The fourth-order valence-electron chi connectivity index (χ4n) is 1.43. The zero-order chi connectivity index (χ0) is 11.7. The van der Waals surface area contributed by atoms with Gasteiger partial charge >= 0.3 is 0 Å². The largest absolute Gasteiger partial charge is 0.337 e. The van der Waals surface area contributed by atoms with Crippen LogP contribution in [-0.4, -0.2) is 29.8 Å². The van der Waals surface area contributed by atoms with E-state index in [0.717, 1.165) is 6.26 Å². The lowest BCUT2D eigenvalue weighted by Gasteiger charge is -2.25. The number of rotatable bonds is 4. The summed E-state index contributed by atoms with van der Waals surface area (Å²) in [5, 5.41) is 0. The number of aromatic nitrogens is 2. The molecule has 0 aromatic carbocycles. The highest BCUT2D eigenvalue weighted by Crippen LogP contribution is 2.08. The Bertz CT molecular complexity index is 484. The van der Waals surface area contributed by atoms with Crippen LogP contribution in [0.3, 0.4) is 0 Å². The third-order valence-corrected chi connectivity index (χ3v) is 3.03. The van der Waals surface area contributed by atoms with Crippen molar-refractivity contribution in [3.05, 3.63) is 17.2 Å². The molecule has 1 heterocycles.